The van der Waals surface area contributed by atoms with Gasteiger partial charge in [0.2, 0.25) is 0 Å². The van der Waals surface area contributed by atoms with Crippen molar-refractivity contribution in [1.29, 1.82) is 0 Å². The summed E-state index contributed by atoms with van der Waals surface area (Å²) in [4.78, 5) is 11.8. The molecule has 0 aromatic heterocycles. The van der Waals surface area contributed by atoms with Crippen molar-refractivity contribution in [2.75, 3.05) is 13.7 Å². The van der Waals surface area contributed by atoms with Gasteiger partial charge in [0, 0.05) is 5.92 Å². The highest BCUT2D eigenvalue weighted by Gasteiger charge is 2.48. The first kappa shape index (κ1) is 13.4. The number of rotatable bonds is 4. The van der Waals surface area contributed by atoms with Crippen LogP contribution in [0, 0.1) is 5.92 Å². The number of hydrogen-bond donors (Lipinski definition) is 1. The maximum Gasteiger partial charge on any atom is 0.335 e. The summed E-state index contributed by atoms with van der Waals surface area (Å²) in [6.07, 6.45) is 1.02. The lowest BCUT2D eigenvalue weighted by molar-refractivity contribution is -0.156. The third-order valence-electron chi connectivity index (χ3n) is 4.64. The summed E-state index contributed by atoms with van der Waals surface area (Å²) in [6, 6.07) is 5.92. The normalized spacial score (nSPS) is 28.1. The Morgan fingerprint density at radius 1 is 1.40 bits per heavy atom. The molecule has 1 unspecified atom stereocenters. The van der Waals surface area contributed by atoms with E-state index in [9.17, 15) is 9.90 Å². The van der Waals surface area contributed by atoms with E-state index in [-0.39, 0.29) is 5.92 Å². The Hall–Kier alpha value is -1.55. The first-order valence-corrected chi connectivity index (χ1v) is 7.18. The molecule has 0 spiro atoms. The molecule has 1 fully saturated rings. The van der Waals surface area contributed by atoms with Crippen molar-refractivity contribution in [2.45, 2.75) is 37.7 Å². The molecule has 4 nitrogen and oxygen atoms in total. The Balaban J connectivity index is 1.93. The SMILES string of the molecule is CCOC(=O)C(O)[C@H]1c2ccc(OC)cc2C2CC1C2. The van der Waals surface area contributed by atoms with Crippen LogP contribution in [-0.4, -0.2) is 30.9 Å². The molecule has 1 N–H and O–H groups in total. The number of esters is 1. The van der Waals surface area contributed by atoms with Crippen LogP contribution in [-0.2, 0) is 9.53 Å². The molecule has 0 heterocycles. The van der Waals surface area contributed by atoms with Crippen LogP contribution in [0.3, 0.4) is 0 Å². The van der Waals surface area contributed by atoms with Gasteiger partial charge in [0.1, 0.15) is 5.75 Å². The number of methoxy groups -OCH3 is 1. The molecule has 1 aromatic carbocycles. The number of aliphatic hydroxyl groups excluding tert-OH is 1. The van der Waals surface area contributed by atoms with E-state index in [1.54, 1.807) is 14.0 Å². The third-order valence-corrected chi connectivity index (χ3v) is 4.64. The number of aliphatic hydroxyl groups is 1. The summed E-state index contributed by atoms with van der Waals surface area (Å²) in [7, 11) is 1.65. The number of carbonyl (C=O) groups is 1. The Morgan fingerprint density at radius 2 is 2.15 bits per heavy atom. The van der Waals surface area contributed by atoms with Gasteiger partial charge >= 0.3 is 5.97 Å². The summed E-state index contributed by atoms with van der Waals surface area (Å²) in [6.45, 7) is 2.05. The van der Waals surface area contributed by atoms with Gasteiger partial charge < -0.3 is 14.6 Å². The fraction of sp³-hybridized carbons (Fsp3) is 0.562. The van der Waals surface area contributed by atoms with Crippen molar-refractivity contribution in [2.24, 2.45) is 5.92 Å². The van der Waals surface area contributed by atoms with Gasteiger partial charge in [0.15, 0.2) is 6.10 Å². The minimum absolute atomic E-state index is 0.139. The fourth-order valence-corrected chi connectivity index (χ4v) is 3.60. The fourth-order valence-electron chi connectivity index (χ4n) is 3.60. The molecule has 3 aliphatic carbocycles. The lowest BCUT2D eigenvalue weighted by Gasteiger charge is -2.49. The van der Waals surface area contributed by atoms with Crippen LogP contribution in [0.5, 0.6) is 5.75 Å². The predicted molar refractivity (Wildman–Crippen MR) is 73.8 cm³/mol. The average Bonchev–Trinajstić information content (AvgIpc) is 2.43. The molecule has 2 bridgehead atoms. The lowest BCUT2D eigenvalue weighted by Crippen LogP contribution is -2.43. The second-order valence-corrected chi connectivity index (χ2v) is 5.65. The second kappa shape index (κ2) is 5.09. The monoisotopic (exact) mass is 276 g/mol. The molecule has 0 amide bonds. The van der Waals surface area contributed by atoms with Crippen LogP contribution in [0.2, 0.25) is 0 Å². The molecule has 2 atom stereocenters. The minimum Gasteiger partial charge on any atom is -0.497 e. The molecule has 1 saturated carbocycles. The van der Waals surface area contributed by atoms with Gasteiger partial charge in [-0.05, 0) is 54.9 Å². The van der Waals surface area contributed by atoms with E-state index in [0.717, 1.165) is 24.2 Å². The van der Waals surface area contributed by atoms with Gasteiger partial charge in [-0.3, -0.25) is 0 Å². The van der Waals surface area contributed by atoms with Gasteiger partial charge in [0.05, 0.1) is 13.7 Å². The Bertz CT molecular complexity index is 519. The van der Waals surface area contributed by atoms with Crippen molar-refractivity contribution >= 4 is 5.97 Å². The molecule has 0 radical (unpaired) electrons. The molecule has 20 heavy (non-hydrogen) atoms. The Morgan fingerprint density at radius 3 is 2.80 bits per heavy atom. The van der Waals surface area contributed by atoms with E-state index in [2.05, 4.69) is 0 Å². The van der Waals surface area contributed by atoms with E-state index in [4.69, 9.17) is 9.47 Å². The van der Waals surface area contributed by atoms with Crippen LogP contribution in [0.1, 0.15) is 42.7 Å². The van der Waals surface area contributed by atoms with Gasteiger partial charge in [-0.15, -0.1) is 0 Å². The zero-order chi connectivity index (χ0) is 14.3. The summed E-state index contributed by atoms with van der Waals surface area (Å²) >= 11 is 0. The molecular formula is C16H20O4. The maximum atomic E-state index is 11.8. The summed E-state index contributed by atoms with van der Waals surface area (Å²) in [5.74, 6) is 1.12. The van der Waals surface area contributed by atoms with Gasteiger partial charge in [-0.25, -0.2) is 4.79 Å². The maximum absolute atomic E-state index is 11.8. The summed E-state index contributed by atoms with van der Waals surface area (Å²) < 4.78 is 10.2. The molecule has 108 valence electrons. The van der Waals surface area contributed by atoms with Crippen molar-refractivity contribution in [3.8, 4) is 5.75 Å². The van der Waals surface area contributed by atoms with Gasteiger partial charge in [-0.2, -0.15) is 0 Å². The molecule has 4 heteroatoms. The molecular weight excluding hydrogens is 256 g/mol. The zero-order valence-corrected chi connectivity index (χ0v) is 11.8. The van der Waals surface area contributed by atoms with Crippen molar-refractivity contribution in [3.63, 3.8) is 0 Å². The van der Waals surface area contributed by atoms with Crippen LogP contribution < -0.4 is 4.74 Å². The van der Waals surface area contributed by atoms with E-state index >= 15 is 0 Å². The van der Waals surface area contributed by atoms with E-state index in [1.165, 1.54) is 5.56 Å². The van der Waals surface area contributed by atoms with Crippen LogP contribution in [0.25, 0.3) is 0 Å². The van der Waals surface area contributed by atoms with Crippen LogP contribution in [0.15, 0.2) is 18.2 Å². The first-order chi connectivity index (χ1) is 9.65. The zero-order valence-electron chi connectivity index (χ0n) is 11.8. The topological polar surface area (TPSA) is 55.8 Å². The lowest BCUT2D eigenvalue weighted by atomic mass is 9.56. The standard InChI is InChI=1S/C16H20O4/c1-3-20-16(18)15(17)14-10-6-9(7-10)13-8-11(19-2)4-5-12(13)14/h4-5,8-10,14-15,17H,3,6-7H2,1-2H3/t9?,10?,14-,15?/m1/s1. The highest BCUT2D eigenvalue weighted by molar-refractivity contribution is 5.76. The minimum atomic E-state index is -1.06. The van der Waals surface area contributed by atoms with Crippen molar-refractivity contribution < 1.29 is 19.4 Å². The van der Waals surface area contributed by atoms with Crippen LogP contribution >= 0.6 is 0 Å². The van der Waals surface area contributed by atoms with E-state index < -0.39 is 12.1 Å². The van der Waals surface area contributed by atoms with Gasteiger partial charge in [0.25, 0.3) is 0 Å². The molecule has 1 aromatic rings. The smallest absolute Gasteiger partial charge is 0.335 e. The quantitative estimate of drug-likeness (QED) is 0.857. The average molecular weight is 276 g/mol. The van der Waals surface area contributed by atoms with Crippen LogP contribution in [0.4, 0.5) is 0 Å². The highest BCUT2D eigenvalue weighted by atomic mass is 16.5. The van der Waals surface area contributed by atoms with E-state index in [1.807, 2.05) is 18.2 Å². The Kier molecular flexibility index (Phi) is 3.42. The van der Waals surface area contributed by atoms with E-state index in [0.29, 0.717) is 18.4 Å². The highest BCUT2D eigenvalue weighted by Crippen LogP contribution is 2.57. The largest absolute Gasteiger partial charge is 0.497 e. The van der Waals surface area contributed by atoms with Gasteiger partial charge in [-0.1, -0.05) is 6.07 Å². The molecule has 0 aliphatic heterocycles. The second-order valence-electron chi connectivity index (χ2n) is 5.65. The number of ether oxygens (including phenoxy) is 2. The van der Waals surface area contributed by atoms with Crippen molar-refractivity contribution in [3.05, 3.63) is 29.3 Å². The third kappa shape index (κ3) is 1.99. The molecule has 0 saturated heterocycles. The van der Waals surface area contributed by atoms with Crippen molar-refractivity contribution in [1.82, 2.24) is 0 Å². The number of hydrogen-bond acceptors (Lipinski definition) is 4. The summed E-state index contributed by atoms with van der Waals surface area (Å²) in [5.41, 5.74) is 2.30. The molecule has 4 rings (SSSR count). The Labute approximate surface area is 118 Å². The predicted octanol–water partition coefficient (Wildman–Crippen LogP) is 2.21. The number of benzene rings is 1. The molecule has 3 aliphatic rings. The number of carbonyl (C=O) groups excluding carboxylic acids is 1. The summed E-state index contributed by atoms with van der Waals surface area (Å²) in [5, 5.41) is 10.3. The first-order valence-electron chi connectivity index (χ1n) is 7.18.